The molecule has 11 rings (SSSR count). The van der Waals surface area contributed by atoms with Gasteiger partial charge >= 0.3 is 0 Å². The summed E-state index contributed by atoms with van der Waals surface area (Å²) in [6, 6.07) is 22.3. The van der Waals surface area contributed by atoms with Gasteiger partial charge in [-0.1, -0.05) is 24.6 Å². The molecule has 1 amide bonds. The van der Waals surface area contributed by atoms with Gasteiger partial charge in [-0.2, -0.15) is 4.98 Å². The Morgan fingerprint density at radius 3 is 2.51 bits per heavy atom. The number of fused-ring (bicyclic) bond motifs is 3. The number of likely N-dealkylation sites (tertiary alicyclic amines) is 1. The number of amides is 1. The SMILES string of the molecule is CC(C)(C)Oc1ccccc1[C@@H]1CCCCN1C1CC2(CCN(c3ccc(C(=O)NS(=O)(=O)c4ccc(NC[C@H]5CC[C@](C)(O)CC5)c([N+](=O)[O-])c4)c(N4c5cc6cc[nH]c6nc5O[C@H]5COCC[C@@H]54)c3)CC2)C1. The average molecular weight is 1030 g/mol. The second-order valence-corrected chi connectivity index (χ2v) is 24.8. The van der Waals surface area contributed by atoms with Crippen LogP contribution in [0.3, 0.4) is 0 Å². The number of aromatic amines is 1. The predicted molar refractivity (Wildman–Crippen MR) is 284 cm³/mol. The van der Waals surface area contributed by atoms with E-state index in [1.54, 1.807) is 6.07 Å². The third kappa shape index (κ3) is 10.1. The third-order valence-electron chi connectivity index (χ3n) is 16.8. The van der Waals surface area contributed by atoms with Gasteiger partial charge in [-0.3, -0.25) is 19.8 Å². The fourth-order valence-corrected chi connectivity index (χ4v) is 13.7. The van der Waals surface area contributed by atoms with Crippen molar-refractivity contribution in [3.05, 3.63) is 100 Å². The molecule has 6 aliphatic rings. The standard InChI is InChI=1S/C56H70N8O9S/c1-54(2,3)73-49-11-6-5-9-41(49)44-10-7-8-25-62(44)39-32-56(33-39)22-26-61(27-23-56)38-12-14-42(46(30-38)63-45-19-28-71-35-50(45)72-53-48(63)29-37-18-24-57-51(37)59-53)52(65)60-74(69,70)40-13-15-43(47(31-40)64(67)68)58-34-36-16-20-55(4,66)21-17-36/h5-6,9,11-15,18,24,29-31,36,39,44-45,50,58,66H,7-8,10,16-17,19-23,25-28,32-35H2,1-4H3,(H,57,59)(H,60,65)/t36-,44-,45-,50-,55-/m0/s1. The minimum Gasteiger partial charge on any atom is -0.488 e. The Morgan fingerprint density at radius 1 is 0.959 bits per heavy atom. The van der Waals surface area contributed by atoms with Crippen LogP contribution in [0, 0.1) is 21.4 Å². The normalized spacial score (nSPS) is 25.4. The van der Waals surface area contributed by atoms with Gasteiger partial charge in [-0.05, 0) is 165 Å². The number of hydrogen-bond donors (Lipinski definition) is 4. The van der Waals surface area contributed by atoms with E-state index in [0.29, 0.717) is 74.0 Å². The van der Waals surface area contributed by atoms with Crippen molar-refractivity contribution in [3.8, 4) is 11.6 Å². The van der Waals surface area contributed by atoms with Gasteiger partial charge in [-0.15, -0.1) is 0 Å². The number of aliphatic hydroxyl groups is 1. The molecule has 4 N–H and O–H groups in total. The first-order chi connectivity index (χ1) is 35.4. The van der Waals surface area contributed by atoms with E-state index in [2.05, 4.69) is 74.8 Å². The number of nitrogens with zero attached hydrogens (tertiary/aromatic N) is 5. The molecule has 2 aromatic heterocycles. The van der Waals surface area contributed by atoms with E-state index in [0.717, 1.165) is 87.5 Å². The van der Waals surface area contributed by atoms with Gasteiger partial charge in [0.05, 0.1) is 39.3 Å². The van der Waals surface area contributed by atoms with E-state index < -0.39 is 43.1 Å². The monoisotopic (exact) mass is 1030 g/mol. The molecule has 0 bridgehead atoms. The zero-order chi connectivity index (χ0) is 51.6. The number of sulfonamides is 1. The Balaban J connectivity index is 0.857. The quantitative estimate of drug-likeness (QED) is 0.0679. The fraction of sp³-hybridized carbons (Fsp3) is 0.536. The zero-order valence-corrected chi connectivity index (χ0v) is 43.8. The van der Waals surface area contributed by atoms with Gasteiger partial charge in [0.15, 0.2) is 0 Å². The molecule has 394 valence electrons. The van der Waals surface area contributed by atoms with E-state index in [4.69, 9.17) is 19.2 Å². The van der Waals surface area contributed by atoms with Crippen LogP contribution < -0.4 is 29.3 Å². The summed E-state index contributed by atoms with van der Waals surface area (Å²) in [6.45, 7) is 12.1. The number of nitro benzene ring substituents is 1. The summed E-state index contributed by atoms with van der Waals surface area (Å²) < 4.78 is 49.6. The molecule has 0 unspecified atom stereocenters. The lowest BCUT2D eigenvalue weighted by Crippen LogP contribution is -2.56. The summed E-state index contributed by atoms with van der Waals surface area (Å²) >= 11 is 0. The molecule has 1 spiro atoms. The highest BCUT2D eigenvalue weighted by atomic mass is 32.2. The summed E-state index contributed by atoms with van der Waals surface area (Å²) in [7, 11) is -4.62. The molecule has 18 heteroatoms. The van der Waals surface area contributed by atoms with Crippen molar-refractivity contribution >= 4 is 55.4 Å². The summed E-state index contributed by atoms with van der Waals surface area (Å²) in [4.78, 5) is 41.4. The van der Waals surface area contributed by atoms with E-state index in [1.807, 2.05) is 37.4 Å². The van der Waals surface area contributed by atoms with Crippen molar-refractivity contribution in [3.63, 3.8) is 0 Å². The fourth-order valence-electron chi connectivity index (χ4n) is 12.8. The lowest BCUT2D eigenvalue weighted by atomic mass is 9.59. The molecular formula is C56H70N8O9S. The molecule has 0 radical (unpaired) electrons. The van der Waals surface area contributed by atoms with Crippen molar-refractivity contribution in [2.45, 2.75) is 145 Å². The van der Waals surface area contributed by atoms with E-state index in [-0.39, 0.29) is 34.2 Å². The van der Waals surface area contributed by atoms with Gasteiger partial charge in [-0.25, -0.2) is 13.1 Å². The molecule has 6 heterocycles. The van der Waals surface area contributed by atoms with Crippen LogP contribution in [0.25, 0.3) is 11.0 Å². The Morgan fingerprint density at radius 2 is 1.74 bits per heavy atom. The van der Waals surface area contributed by atoms with Crippen LogP contribution in [0.5, 0.6) is 11.6 Å². The highest BCUT2D eigenvalue weighted by Gasteiger charge is 2.50. The maximum atomic E-state index is 14.7. The van der Waals surface area contributed by atoms with Gasteiger partial charge in [0.2, 0.25) is 5.88 Å². The van der Waals surface area contributed by atoms with Crippen LogP contribution in [-0.4, -0.2) is 108 Å². The second-order valence-electron chi connectivity index (χ2n) is 23.1. The van der Waals surface area contributed by atoms with Crippen LogP contribution in [0.1, 0.15) is 127 Å². The molecule has 5 fully saturated rings. The first kappa shape index (κ1) is 50.2. The highest BCUT2D eigenvalue weighted by molar-refractivity contribution is 7.90. The van der Waals surface area contributed by atoms with Crippen LogP contribution in [0.15, 0.2) is 83.9 Å². The summed E-state index contributed by atoms with van der Waals surface area (Å²) in [6.07, 6.45) is 12.7. The number of carbonyl (C=O) groups is 1. The first-order valence-electron chi connectivity index (χ1n) is 26.7. The van der Waals surface area contributed by atoms with E-state index >= 15 is 0 Å². The number of benzene rings is 3. The van der Waals surface area contributed by atoms with Crippen LogP contribution in [0.4, 0.5) is 28.4 Å². The summed E-state index contributed by atoms with van der Waals surface area (Å²) in [5.41, 5.74) is 3.12. The van der Waals surface area contributed by atoms with E-state index in [9.17, 15) is 28.4 Å². The zero-order valence-electron chi connectivity index (χ0n) is 43.0. The number of pyridine rings is 1. The largest absolute Gasteiger partial charge is 0.488 e. The van der Waals surface area contributed by atoms with Gasteiger partial charge in [0.1, 0.15) is 34.5 Å². The summed E-state index contributed by atoms with van der Waals surface area (Å²) in [5, 5.41) is 26.8. The maximum absolute atomic E-state index is 14.7. The number of aromatic nitrogens is 2. The van der Waals surface area contributed by atoms with Crippen LogP contribution in [0.2, 0.25) is 0 Å². The number of ether oxygens (including phenoxy) is 3. The lowest BCUT2D eigenvalue weighted by molar-refractivity contribution is -0.384. The summed E-state index contributed by atoms with van der Waals surface area (Å²) in [5.74, 6) is 0.673. The first-order valence-corrected chi connectivity index (χ1v) is 28.2. The van der Waals surface area contributed by atoms with Gasteiger partial charge < -0.3 is 39.4 Å². The maximum Gasteiger partial charge on any atom is 0.293 e. The van der Waals surface area contributed by atoms with Crippen LogP contribution in [-0.2, 0) is 14.8 Å². The molecule has 5 aromatic rings. The molecule has 3 atom stereocenters. The number of hydrogen-bond acceptors (Lipinski definition) is 14. The Bertz CT molecular complexity index is 3020. The smallest absolute Gasteiger partial charge is 0.293 e. The van der Waals surface area contributed by atoms with Gasteiger partial charge in [0.25, 0.3) is 21.6 Å². The van der Waals surface area contributed by atoms with Crippen molar-refractivity contribution in [2.75, 3.05) is 54.5 Å². The van der Waals surface area contributed by atoms with Crippen molar-refractivity contribution in [2.24, 2.45) is 11.3 Å². The second kappa shape index (κ2) is 19.6. The number of anilines is 4. The predicted octanol–water partition coefficient (Wildman–Crippen LogP) is 9.78. The highest BCUT2D eigenvalue weighted by Crippen LogP contribution is 2.55. The lowest BCUT2D eigenvalue weighted by Gasteiger charge is -2.57. The number of carbonyl (C=O) groups excluding carboxylic acids is 1. The molecule has 4 aliphatic heterocycles. The van der Waals surface area contributed by atoms with Crippen LogP contribution >= 0.6 is 0 Å². The van der Waals surface area contributed by atoms with Crippen molar-refractivity contribution < 1.29 is 37.5 Å². The molecule has 2 aliphatic carbocycles. The molecule has 2 saturated carbocycles. The van der Waals surface area contributed by atoms with Gasteiger partial charge in [0, 0.05) is 67.2 Å². The topological polar surface area (TPSA) is 205 Å². The minimum atomic E-state index is -4.62. The minimum absolute atomic E-state index is 0.115. The number of para-hydroxylation sites is 1. The number of nitro groups is 1. The molecule has 3 saturated heterocycles. The number of H-pyrrole nitrogens is 1. The number of piperidine rings is 2. The molecule has 3 aromatic carbocycles. The molecular weight excluding hydrogens is 961 g/mol. The van der Waals surface area contributed by atoms with E-state index in [1.165, 1.54) is 30.5 Å². The van der Waals surface area contributed by atoms with Crippen molar-refractivity contribution in [1.29, 1.82) is 0 Å². The number of nitrogens with one attached hydrogen (secondary N) is 3. The molecule has 74 heavy (non-hydrogen) atoms. The average Bonchev–Trinajstić information content (AvgIpc) is 3.83. The third-order valence-corrected chi connectivity index (χ3v) is 18.1. The van der Waals surface area contributed by atoms with Crippen molar-refractivity contribution in [1.82, 2.24) is 19.6 Å². The number of rotatable bonds is 12. The Labute approximate surface area is 433 Å². The molecule has 17 nitrogen and oxygen atoms in total. The Kier molecular flexibility index (Phi) is 13.3. The Hall–Kier alpha value is -5.95.